The van der Waals surface area contributed by atoms with Crippen LogP contribution in [0.4, 0.5) is 0 Å². The molecule has 3 N–H and O–H groups in total. The van der Waals surface area contributed by atoms with E-state index in [0.717, 1.165) is 5.39 Å². The summed E-state index contributed by atoms with van der Waals surface area (Å²) in [6, 6.07) is 3.54. The number of ether oxygens (including phenoxy) is 1. The van der Waals surface area contributed by atoms with Gasteiger partial charge in [0.2, 0.25) is 0 Å². The van der Waals surface area contributed by atoms with Crippen molar-refractivity contribution in [2.24, 2.45) is 5.73 Å². The number of fused-ring (bicyclic) bond motifs is 1. The SMILES string of the molecule is COc1c(C(O)CN)cc2ccoc2c1Cl. The van der Waals surface area contributed by atoms with Gasteiger partial charge in [0.1, 0.15) is 10.8 Å². The number of rotatable bonds is 3. The molecule has 0 aliphatic heterocycles. The highest BCUT2D eigenvalue weighted by molar-refractivity contribution is 6.36. The first-order valence-electron chi connectivity index (χ1n) is 4.80. The Balaban J connectivity index is 2.71. The number of furan rings is 1. The lowest BCUT2D eigenvalue weighted by atomic mass is 10.1. The van der Waals surface area contributed by atoms with Gasteiger partial charge in [-0.2, -0.15) is 0 Å². The van der Waals surface area contributed by atoms with Crippen LogP contribution in [0.3, 0.4) is 0 Å². The molecule has 1 unspecified atom stereocenters. The zero-order valence-electron chi connectivity index (χ0n) is 8.74. The second kappa shape index (κ2) is 4.33. The first-order chi connectivity index (χ1) is 7.69. The van der Waals surface area contributed by atoms with Gasteiger partial charge in [0.25, 0.3) is 0 Å². The monoisotopic (exact) mass is 241 g/mol. The normalized spacial score (nSPS) is 13.0. The van der Waals surface area contributed by atoms with Gasteiger partial charge in [-0.15, -0.1) is 0 Å². The number of aliphatic hydroxyl groups is 1. The van der Waals surface area contributed by atoms with Gasteiger partial charge in [-0.05, 0) is 12.1 Å². The van der Waals surface area contributed by atoms with Gasteiger partial charge in [0, 0.05) is 17.5 Å². The molecule has 1 aromatic carbocycles. The van der Waals surface area contributed by atoms with Crippen molar-refractivity contribution in [2.45, 2.75) is 6.10 Å². The summed E-state index contributed by atoms with van der Waals surface area (Å²) in [5.41, 5.74) is 6.55. The minimum Gasteiger partial charge on any atom is -0.495 e. The Morgan fingerprint density at radius 3 is 3.00 bits per heavy atom. The third-order valence-corrected chi connectivity index (χ3v) is 2.80. The summed E-state index contributed by atoms with van der Waals surface area (Å²) >= 11 is 6.12. The topological polar surface area (TPSA) is 68.6 Å². The van der Waals surface area contributed by atoms with Crippen molar-refractivity contribution in [1.29, 1.82) is 0 Å². The fourth-order valence-corrected chi connectivity index (χ4v) is 2.00. The highest BCUT2D eigenvalue weighted by Gasteiger charge is 2.19. The molecular formula is C11H12ClNO3. The quantitative estimate of drug-likeness (QED) is 0.863. The van der Waals surface area contributed by atoms with Crippen molar-refractivity contribution < 1.29 is 14.3 Å². The average Bonchev–Trinajstić information content (AvgIpc) is 2.76. The van der Waals surface area contributed by atoms with Crippen LogP contribution >= 0.6 is 11.6 Å². The predicted molar refractivity (Wildman–Crippen MR) is 61.8 cm³/mol. The van der Waals surface area contributed by atoms with Crippen molar-refractivity contribution >= 4 is 22.6 Å². The third kappa shape index (κ3) is 1.65. The van der Waals surface area contributed by atoms with Gasteiger partial charge in [-0.1, -0.05) is 11.6 Å². The minimum atomic E-state index is -0.799. The lowest BCUT2D eigenvalue weighted by Crippen LogP contribution is -2.12. The van der Waals surface area contributed by atoms with Gasteiger partial charge in [-0.25, -0.2) is 0 Å². The predicted octanol–water partition coefficient (Wildman–Crippen LogP) is 2.09. The molecule has 1 heterocycles. The minimum absolute atomic E-state index is 0.107. The average molecular weight is 242 g/mol. The van der Waals surface area contributed by atoms with Gasteiger partial charge in [0.15, 0.2) is 5.58 Å². The fraction of sp³-hybridized carbons (Fsp3) is 0.273. The summed E-state index contributed by atoms with van der Waals surface area (Å²) < 4.78 is 10.4. The van der Waals surface area contributed by atoms with E-state index in [0.29, 0.717) is 21.9 Å². The molecule has 0 spiro atoms. The second-order valence-corrected chi connectivity index (χ2v) is 3.78. The molecule has 0 aliphatic carbocycles. The standard InChI is InChI=1S/C11H12ClNO3/c1-15-11-7(8(14)5-13)4-6-2-3-16-10(6)9(11)12/h2-4,8,14H,5,13H2,1H3. The molecule has 0 aliphatic rings. The Morgan fingerprint density at radius 2 is 2.38 bits per heavy atom. The molecule has 16 heavy (non-hydrogen) atoms. The van der Waals surface area contributed by atoms with Gasteiger partial charge in [0.05, 0.1) is 19.5 Å². The molecule has 5 heteroatoms. The van der Waals surface area contributed by atoms with Gasteiger partial charge in [-0.3, -0.25) is 0 Å². The van der Waals surface area contributed by atoms with Crippen molar-refractivity contribution in [1.82, 2.24) is 0 Å². The van der Waals surface area contributed by atoms with E-state index < -0.39 is 6.10 Å². The zero-order chi connectivity index (χ0) is 11.7. The molecule has 0 radical (unpaired) electrons. The van der Waals surface area contributed by atoms with E-state index in [9.17, 15) is 5.11 Å². The lowest BCUT2D eigenvalue weighted by Gasteiger charge is -2.14. The van der Waals surface area contributed by atoms with Crippen LogP contribution in [0.25, 0.3) is 11.0 Å². The number of methoxy groups -OCH3 is 1. The largest absolute Gasteiger partial charge is 0.495 e. The van der Waals surface area contributed by atoms with Crippen molar-refractivity contribution in [2.75, 3.05) is 13.7 Å². The van der Waals surface area contributed by atoms with E-state index in [1.807, 2.05) is 0 Å². The number of hydrogen-bond acceptors (Lipinski definition) is 4. The van der Waals surface area contributed by atoms with Crippen LogP contribution in [0.2, 0.25) is 5.02 Å². The summed E-state index contributed by atoms with van der Waals surface area (Å²) in [6.45, 7) is 0.107. The highest BCUT2D eigenvalue weighted by Crippen LogP contribution is 2.39. The Bertz CT molecular complexity index is 509. The zero-order valence-corrected chi connectivity index (χ0v) is 9.49. The molecule has 4 nitrogen and oxygen atoms in total. The van der Waals surface area contributed by atoms with Crippen LogP contribution in [-0.2, 0) is 0 Å². The van der Waals surface area contributed by atoms with Crippen molar-refractivity contribution in [3.63, 3.8) is 0 Å². The maximum Gasteiger partial charge on any atom is 0.156 e. The van der Waals surface area contributed by atoms with E-state index in [2.05, 4.69) is 0 Å². The number of aliphatic hydroxyl groups excluding tert-OH is 1. The molecule has 2 aromatic rings. The maximum absolute atomic E-state index is 9.77. The first-order valence-corrected chi connectivity index (χ1v) is 5.18. The van der Waals surface area contributed by atoms with Crippen LogP contribution in [0, 0.1) is 0 Å². The molecule has 0 saturated heterocycles. The first kappa shape index (κ1) is 11.3. The molecule has 1 aromatic heterocycles. The summed E-state index contributed by atoms with van der Waals surface area (Å²) in [7, 11) is 1.49. The van der Waals surface area contributed by atoms with E-state index in [1.165, 1.54) is 13.4 Å². The Morgan fingerprint density at radius 1 is 1.62 bits per heavy atom. The van der Waals surface area contributed by atoms with E-state index in [1.54, 1.807) is 12.1 Å². The van der Waals surface area contributed by atoms with Crippen LogP contribution in [-0.4, -0.2) is 18.8 Å². The van der Waals surface area contributed by atoms with Crippen molar-refractivity contribution in [3.05, 3.63) is 29.0 Å². The number of halogens is 1. The van der Waals surface area contributed by atoms with Gasteiger partial charge >= 0.3 is 0 Å². The number of hydrogen-bond donors (Lipinski definition) is 2. The Kier molecular flexibility index (Phi) is 3.05. The maximum atomic E-state index is 9.77. The summed E-state index contributed by atoms with van der Waals surface area (Å²) in [5, 5.41) is 10.9. The van der Waals surface area contributed by atoms with Crippen LogP contribution in [0.15, 0.2) is 22.8 Å². The molecule has 0 amide bonds. The van der Waals surface area contributed by atoms with Crippen LogP contribution < -0.4 is 10.5 Å². The Hall–Kier alpha value is -1.23. The smallest absolute Gasteiger partial charge is 0.156 e. The van der Waals surface area contributed by atoms with Crippen LogP contribution in [0.1, 0.15) is 11.7 Å². The lowest BCUT2D eigenvalue weighted by molar-refractivity contribution is 0.182. The number of nitrogens with two attached hydrogens (primary N) is 1. The summed E-state index contributed by atoms with van der Waals surface area (Å²) in [5.74, 6) is 0.405. The second-order valence-electron chi connectivity index (χ2n) is 3.40. The molecule has 2 rings (SSSR count). The highest BCUT2D eigenvalue weighted by atomic mass is 35.5. The molecule has 0 bridgehead atoms. The van der Waals surface area contributed by atoms with E-state index in [-0.39, 0.29) is 6.54 Å². The van der Waals surface area contributed by atoms with Crippen molar-refractivity contribution in [3.8, 4) is 5.75 Å². The summed E-state index contributed by atoms with van der Waals surface area (Å²) in [6.07, 6.45) is 0.737. The van der Waals surface area contributed by atoms with Crippen LogP contribution in [0.5, 0.6) is 5.75 Å². The Labute approximate surface area is 97.6 Å². The molecule has 1 atom stereocenters. The molecule has 0 fully saturated rings. The van der Waals surface area contributed by atoms with Gasteiger partial charge < -0.3 is 20.0 Å². The third-order valence-electron chi connectivity index (χ3n) is 2.45. The molecule has 0 saturated carbocycles. The molecule has 86 valence electrons. The van der Waals surface area contributed by atoms with E-state index in [4.69, 9.17) is 26.5 Å². The van der Waals surface area contributed by atoms with E-state index >= 15 is 0 Å². The number of benzene rings is 1. The molecular weight excluding hydrogens is 230 g/mol. The fourth-order valence-electron chi connectivity index (χ4n) is 1.66. The summed E-state index contributed by atoms with van der Waals surface area (Å²) in [4.78, 5) is 0.